The summed E-state index contributed by atoms with van der Waals surface area (Å²) >= 11 is 0. The number of aliphatic hydroxyl groups is 1. The Kier molecular flexibility index (Phi) is 3.64. The fraction of sp³-hybridized carbons (Fsp3) is 0.462. The topological polar surface area (TPSA) is 53.7 Å². The molecule has 1 aromatic heterocycles. The summed E-state index contributed by atoms with van der Waals surface area (Å²) in [6.45, 7) is 2.28. The van der Waals surface area contributed by atoms with E-state index >= 15 is 0 Å². The molecule has 0 aromatic carbocycles. The van der Waals surface area contributed by atoms with E-state index < -0.39 is 0 Å². The lowest BCUT2D eigenvalue weighted by atomic mass is 10.3. The van der Waals surface area contributed by atoms with Gasteiger partial charge in [0.15, 0.2) is 0 Å². The summed E-state index contributed by atoms with van der Waals surface area (Å²) in [7, 11) is 0. The van der Waals surface area contributed by atoms with Crippen LogP contribution in [-0.2, 0) is 4.79 Å². The minimum Gasteiger partial charge on any atom is -0.462 e. The van der Waals surface area contributed by atoms with Crippen LogP contribution < -0.4 is 0 Å². The SMILES string of the molecule is Cc1ccc(/C=C/C(=O)N(CCO)C2CC2)o1. The molecule has 1 fully saturated rings. The monoisotopic (exact) mass is 235 g/mol. The third-order valence-electron chi connectivity index (χ3n) is 2.76. The summed E-state index contributed by atoms with van der Waals surface area (Å²) in [5, 5.41) is 8.91. The van der Waals surface area contributed by atoms with Gasteiger partial charge in [0, 0.05) is 18.7 Å². The third kappa shape index (κ3) is 3.20. The molecule has 0 unspecified atom stereocenters. The highest BCUT2D eigenvalue weighted by atomic mass is 16.3. The summed E-state index contributed by atoms with van der Waals surface area (Å²) in [5.74, 6) is 1.44. The Labute approximate surface area is 101 Å². The Morgan fingerprint density at radius 2 is 2.35 bits per heavy atom. The second-order valence-corrected chi connectivity index (χ2v) is 4.27. The Morgan fingerprint density at radius 1 is 1.59 bits per heavy atom. The van der Waals surface area contributed by atoms with Gasteiger partial charge in [0.2, 0.25) is 5.91 Å². The van der Waals surface area contributed by atoms with Gasteiger partial charge in [-0.05, 0) is 38.0 Å². The number of aliphatic hydroxyl groups excluding tert-OH is 1. The van der Waals surface area contributed by atoms with E-state index in [0.717, 1.165) is 18.6 Å². The zero-order valence-electron chi connectivity index (χ0n) is 9.93. The maximum atomic E-state index is 11.9. The first-order valence-electron chi connectivity index (χ1n) is 5.86. The Morgan fingerprint density at radius 3 is 2.88 bits per heavy atom. The highest BCUT2D eigenvalue weighted by molar-refractivity contribution is 5.91. The van der Waals surface area contributed by atoms with Crippen LogP contribution in [-0.4, -0.2) is 35.1 Å². The van der Waals surface area contributed by atoms with Gasteiger partial charge in [-0.25, -0.2) is 0 Å². The minimum absolute atomic E-state index is 0.00986. The van der Waals surface area contributed by atoms with Crippen molar-refractivity contribution < 1.29 is 14.3 Å². The standard InChI is InChI=1S/C13H17NO3/c1-10-2-5-12(17-10)6-7-13(16)14(8-9-15)11-3-4-11/h2,5-7,11,15H,3-4,8-9H2,1H3/b7-6+. The van der Waals surface area contributed by atoms with Gasteiger partial charge in [-0.1, -0.05) is 0 Å². The van der Waals surface area contributed by atoms with Crippen molar-refractivity contribution in [2.75, 3.05) is 13.2 Å². The van der Waals surface area contributed by atoms with E-state index in [1.807, 2.05) is 19.1 Å². The van der Waals surface area contributed by atoms with Crippen molar-refractivity contribution in [3.8, 4) is 0 Å². The number of furan rings is 1. The molecule has 1 aromatic rings. The number of aryl methyl sites for hydroxylation is 1. The molecule has 2 rings (SSSR count). The van der Waals surface area contributed by atoms with Crippen LogP contribution in [0.1, 0.15) is 24.4 Å². The van der Waals surface area contributed by atoms with E-state index in [-0.39, 0.29) is 12.5 Å². The Bertz CT molecular complexity index is 418. The average Bonchev–Trinajstić information content (AvgIpc) is 3.06. The first-order chi connectivity index (χ1) is 8.20. The Hall–Kier alpha value is -1.55. The maximum Gasteiger partial charge on any atom is 0.247 e. The molecule has 4 nitrogen and oxygen atoms in total. The first-order valence-corrected chi connectivity index (χ1v) is 5.86. The number of nitrogens with zero attached hydrogens (tertiary/aromatic N) is 1. The molecule has 0 saturated heterocycles. The van der Waals surface area contributed by atoms with E-state index in [0.29, 0.717) is 18.3 Å². The van der Waals surface area contributed by atoms with Crippen LogP contribution in [0.4, 0.5) is 0 Å². The first kappa shape index (κ1) is 11.9. The van der Waals surface area contributed by atoms with E-state index in [1.54, 1.807) is 11.0 Å². The third-order valence-corrected chi connectivity index (χ3v) is 2.76. The molecule has 92 valence electrons. The van der Waals surface area contributed by atoms with Gasteiger partial charge < -0.3 is 14.4 Å². The fourth-order valence-electron chi connectivity index (χ4n) is 1.76. The molecule has 0 radical (unpaired) electrons. The lowest BCUT2D eigenvalue weighted by Crippen LogP contribution is -2.34. The van der Waals surface area contributed by atoms with E-state index in [4.69, 9.17) is 9.52 Å². The second-order valence-electron chi connectivity index (χ2n) is 4.27. The average molecular weight is 235 g/mol. The number of hydrogen-bond acceptors (Lipinski definition) is 3. The number of carbonyl (C=O) groups excluding carboxylic acids is 1. The van der Waals surface area contributed by atoms with E-state index in [9.17, 15) is 4.79 Å². The zero-order chi connectivity index (χ0) is 12.3. The number of rotatable bonds is 5. The van der Waals surface area contributed by atoms with Gasteiger partial charge in [-0.3, -0.25) is 4.79 Å². The molecule has 1 amide bonds. The highest BCUT2D eigenvalue weighted by Crippen LogP contribution is 2.26. The van der Waals surface area contributed by atoms with Gasteiger partial charge >= 0.3 is 0 Å². The fourth-order valence-corrected chi connectivity index (χ4v) is 1.76. The van der Waals surface area contributed by atoms with Crippen LogP contribution in [0.25, 0.3) is 6.08 Å². The van der Waals surface area contributed by atoms with Crippen molar-refractivity contribution >= 4 is 12.0 Å². The molecule has 0 spiro atoms. The highest BCUT2D eigenvalue weighted by Gasteiger charge is 2.30. The van der Waals surface area contributed by atoms with Crippen molar-refractivity contribution in [2.45, 2.75) is 25.8 Å². The number of amides is 1. The minimum atomic E-state index is -0.0596. The molecule has 1 aliphatic carbocycles. The smallest absolute Gasteiger partial charge is 0.247 e. The zero-order valence-corrected chi connectivity index (χ0v) is 9.93. The van der Waals surface area contributed by atoms with Crippen molar-refractivity contribution in [3.05, 3.63) is 29.7 Å². The van der Waals surface area contributed by atoms with Gasteiger partial charge in [0.05, 0.1) is 6.61 Å². The summed E-state index contributed by atoms with van der Waals surface area (Å²) in [5.41, 5.74) is 0. The van der Waals surface area contributed by atoms with Crippen LogP contribution in [0.2, 0.25) is 0 Å². The van der Waals surface area contributed by atoms with Crippen LogP contribution in [0, 0.1) is 6.92 Å². The molecule has 1 heterocycles. The van der Waals surface area contributed by atoms with Crippen LogP contribution >= 0.6 is 0 Å². The van der Waals surface area contributed by atoms with Crippen LogP contribution in [0.3, 0.4) is 0 Å². The van der Waals surface area contributed by atoms with Crippen molar-refractivity contribution in [1.82, 2.24) is 4.90 Å². The largest absolute Gasteiger partial charge is 0.462 e. The number of carbonyl (C=O) groups is 1. The molecule has 1 aliphatic rings. The predicted octanol–water partition coefficient (Wildman–Crippen LogP) is 1.58. The summed E-state index contributed by atoms with van der Waals surface area (Å²) < 4.78 is 5.34. The molecule has 17 heavy (non-hydrogen) atoms. The van der Waals surface area contributed by atoms with Crippen molar-refractivity contribution in [1.29, 1.82) is 0 Å². The Balaban J connectivity index is 1.96. The molecule has 0 atom stereocenters. The maximum absolute atomic E-state index is 11.9. The second kappa shape index (κ2) is 5.19. The van der Waals surface area contributed by atoms with Gasteiger partial charge in [0.1, 0.15) is 11.5 Å². The van der Waals surface area contributed by atoms with Gasteiger partial charge in [-0.2, -0.15) is 0 Å². The number of hydrogen-bond donors (Lipinski definition) is 1. The van der Waals surface area contributed by atoms with Crippen molar-refractivity contribution in [2.24, 2.45) is 0 Å². The lowest BCUT2D eigenvalue weighted by Gasteiger charge is -2.19. The molecular formula is C13H17NO3. The molecule has 1 saturated carbocycles. The summed E-state index contributed by atoms with van der Waals surface area (Å²) in [4.78, 5) is 13.6. The van der Waals surface area contributed by atoms with Gasteiger partial charge in [0.25, 0.3) is 0 Å². The van der Waals surface area contributed by atoms with Crippen LogP contribution in [0.15, 0.2) is 22.6 Å². The molecule has 1 N–H and O–H groups in total. The summed E-state index contributed by atoms with van der Waals surface area (Å²) in [6, 6.07) is 4.00. The lowest BCUT2D eigenvalue weighted by molar-refractivity contribution is -0.127. The molecule has 4 heteroatoms. The predicted molar refractivity (Wildman–Crippen MR) is 64.3 cm³/mol. The molecule has 0 aliphatic heterocycles. The van der Waals surface area contributed by atoms with Crippen LogP contribution in [0.5, 0.6) is 0 Å². The molecular weight excluding hydrogens is 218 g/mol. The van der Waals surface area contributed by atoms with Gasteiger partial charge in [-0.15, -0.1) is 0 Å². The quantitative estimate of drug-likeness (QED) is 0.788. The van der Waals surface area contributed by atoms with Crippen molar-refractivity contribution in [3.63, 3.8) is 0 Å². The normalized spacial score (nSPS) is 15.4. The van der Waals surface area contributed by atoms with E-state index in [2.05, 4.69) is 0 Å². The molecule has 0 bridgehead atoms. The van der Waals surface area contributed by atoms with E-state index in [1.165, 1.54) is 6.08 Å². The summed E-state index contributed by atoms with van der Waals surface area (Å²) in [6.07, 6.45) is 5.26.